The average molecular weight is 228 g/mol. The van der Waals surface area contributed by atoms with Gasteiger partial charge < -0.3 is 0 Å². The molecule has 0 aromatic heterocycles. The fourth-order valence-corrected chi connectivity index (χ4v) is 2.27. The standard InChI is InChI=1S/C11H16O3S/c1-8(2)6-10-7-9(3)4-5-11(10)15(12,13)14/h4-5,7-8H,6H2,1-3H3,(H,12,13,14). The molecule has 0 aliphatic heterocycles. The van der Waals surface area contributed by atoms with Crippen molar-refractivity contribution in [3.05, 3.63) is 29.3 Å². The summed E-state index contributed by atoms with van der Waals surface area (Å²) in [5.41, 5.74) is 1.69. The number of hydrogen-bond donors (Lipinski definition) is 1. The molecule has 1 aromatic carbocycles. The van der Waals surface area contributed by atoms with E-state index in [1.165, 1.54) is 6.07 Å². The van der Waals surface area contributed by atoms with E-state index in [4.69, 9.17) is 4.55 Å². The van der Waals surface area contributed by atoms with Crippen LogP contribution in [0.1, 0.15) is 25.0 Å². The minimum Gasteiger partial charge on any atom is -0.282 e. The van der Waals surface area contributed by atoms with Gasteiger partial charge in [-0.1, -0.05) is 31.5 Å². The zero-order valence-corrected chi connectivity index (χ0v) is 10.0. The van der Waals surface area contributed by atoms with Crippen LogP contribution in [0, 0.1) is 12.8 Å². The van der Waals surface area contributed by atoms with Crippen molar-refractivity contribution in [3.8, 4) is 0 Å². The lowest BCUT2D eigenvalue weighted by Gasteiger charge is -2.10. The molecule has 0 fully saturated rings. The summed E-state index contributed by atoms with van der Waals surface area (Å²) in [6.45, 7) is 5.92. The SMILES string of the molecule is Cc1ccc(S(=O)(=O)O)c(CC(C)C)c1. The highest BCUT2D eigenvalue weighted by molar-refractivity contribution is 7.85. The van der Waals surface area contributed by atoms with Gasteiger partial charge in [0.25, 0.3) is 10.1 Å². The van der Waals surface area contributed by atoms with Crippen molar-refractivity contribution in [2.24, 2.45) is 5.92 Å². The maximum absolute atomic E-state index is 11.1. The molecular formula is C11H16O3S. The van der Waals surface area contributed by atoms with Crippen LogP contribution >= 0.6 is 0 Å². The highest BCUT2D eigenvalue weighted by Crippen LogP contribution is 2.20. The molecule has 0 saturated heterocycles. The van der Waals surface area contributed by atoms with E-state index < -0.39 is 10.1 Å². The molecule has 0 aliphatic rings. The first-order valence-corrected chi connectivity index (χ1v) is 6.31. The second-order valence-electron chi connectivity index (χ2n) is 4.18. The van der Waals surface area contributed by atoms with E-state index in [2.05, 4.69) is 0 Å². The predicted octanol–water partition coefficient (Wildman–Crippen LogP) is 2.44. The Labute approximate surface area is 90.9 Å². The van der Waals surface area contributed by atoms with Crippen molar-refractivity contribution in [2.45, 2.75) is 32.1 Å². The quantitative estimate of drug-likeness (QED) is 0.808. The molecule has 0 spiro atoms. The molecule has 0 radical (unpaired) electrons. The van der Waals surface area contributed by atoms with Gasteiger partial charge in [0, 0.05) is 0 Å². The summed E-state index contributed by atoms with van der Waals surface area (Å²) in [6.07, 6.45) is 0.650. The molecule has 0 atom stereocenters. The van der Waals surface area contributed by atoms with Crippen LogP contribution in [0.5, 0.6) is 0 Å². The van der Waals surface area contributed by atoms with Gasteiger partial charge in [0.15, 0.2) is 0 Å². The molecule has 0 aliphatic carbocycles. The Bertz CT molecular complexity index is 447. The first kappa shape index (κ1) is 12.2. The van der Waals surface area contributed by atoms with E-state index >= 15 is 0 Å². The summed E-state index contributed by atoms with van der Waals surface area (Å²) >= 11 is 0. The second kappa shape index (κ2) is 4.33. The molecule has 1 rings (SSSR count). The Kier molecular flexibility index (Phi) is 3.52. The van der Waals surface area contributed by atoms with E-state index in [1.807, 2.05) is 26.8 Å². The fourth-order valence-electron chi connectivity index (χ4n) is 1.56. The molecule has 15 heavy (non-hydrogen) atoms. The summed E-state index contributed by atoms with van der Waals surface area (Å²) < 4.78 is 31.2. The lowest BCUT2D eigenvalue weighted by Crippen LogP contribution is -2.06. The maximum Gasteiger partial charge on any atom is 0.294 e. The average Bonchev–Trinajstić information content (AvgIpc) is 1.99. The minimum absolute atomic E-state index is 0.0294. The Hall–Kier alpha value is -0.870. The van der Waals surface area contributed by atoms with Crippen LogP contribution in [0.2, 0.25) is 0 Å². The third-order valence-corrected chi connectivity index (χ3v) is 3.08. The van der Waals surface area contributed by atoms with Crippen molar-refractivity contribution in [2.75, 3.05) is 0 Å². The number of benzene rings is 1. The van der Waals surface area contributed by atoms with Gasteiger partial charge in [0.2, 0.25) is 0 Å². The molecule has 0 unspecified atom stereocenters. The molecule has 0 amide bonds. The zero-order valence-electron chi connectivity index (χ0n) is 9.19. The van der Waals surface area contributed by atoms with E-state index in [-0.39, 0.29) is 4.90 Å². The van der Waals surface area contributed by atoms with Gasteiger partial charge in [0.05, 0.1) is 4.90 Å². The highest BCUT2D eigenvalue weighted by Gasteiger charge is 2.15. The van der Waals surface area contributed by atoms with E-state index in [0.717, 1.165) is 5.56 Å². The van der Waals surface area contributed by atoms with Crippen LogP contribution in [-0.2, 0) is 16.5 Å². The Morgan fingerprint density at radius 2 is 1.93 bits per heavy atom. The van der Waals surface area contributed by atoms with Crippen LogP contribution in [0.4, 0.5) is 0 Å². The number of aryl methyl sites for hydroxylation is 1. The van der Waals surface area contributed by atoms with Crippen LogP contribution in [-0.4, -0.2) is 13.0 Å². The third-order valence-electron chi connectivity index (χ3n) is 2.12. The monoisotopic (exact) mass is 228 g/mol. The molecule has 1 aromatic rings. The third kappa shape index (κ3) is 3.32. The van der Waals surface area contributed by atoms with Crippen LogP contribution in [0.15, 0.2) is 23.1 Å². The van der Waals surface area contributed by atoms with E-state index in [9.17, 15) is 8.42 Å². The number of hydrogen-bond acceptors (Lipinski definition) is 2. The zero-order chi connectivity index (χ0) is 11.6. The van der Waals surface area contributed by atoms with E-state index in [1.54, 1.807) is 6.07 Å². The lowest BCUT2D eigenvalue weighted by atomic mass is 10.0. The Morgan fingerprint density at radius 3 is 2.40 bits per heavy atom. The summed E-state index contributed by atoms with van der Waals surface area (Å²) in [7, 11) is -4.10. The lowest BCUT2D eigenvalue weighted by molar-refractivity contribution is 0.481. The van der Waals surface area contributed by atoms with Gasteiger partial charge in [-0.25, -0.2) is 0 Å². The minimum atomic E-state index is -4.10. The maximum atomic E-state index is 11.1. The van der Waals surface area contributed by atoms with Crippen molar-refractivity contribution in [1.29, 1.82) is 0 Å². The normalized spacial score (nSPS) is 12.1. The summed E-state index contributed by atoms with van der Waals surface area (Å²) in [5.74, 6) is 0.354. The van der Waals surface area contributed by atoms with Crippen LogP contribution in [0.25, 0.3) is 0 Å². The van der Waals surface area contributed by atoms with Gasteiger partial charge in [-0.15, -0.1) is 0 Å². The highest BCUT2D eigenvalue weighted by atomic mass is 32.2. The molecule has 0 saturated carbocycles. The summed E-state index contributed by atoms with van der Waals surface area (Å²) in [6, 6.07) is 4.96. The first-order valence-electron chi connectivity index (χ1n) is 4.87. The molecule has 4 heteroatoms. The van der Waals surface area contributed by atoms with Crippen molar-refractivity contribution < 1.29 is 13.0 Å². The molecule has 0 bridgehead atoms. The largest absolute Gasteiger partial charge is 0.294 e. The van der Waals surface area contributed by atoms with Gasteiger partial charge in [-0.3, -0.25) is 4.55 Å². The molecule has 1 N–H and O–H groups in total. The van der Waals surface area contributed by atoms with Gasteiger partial charge in [-0.05, 0) is 30.9 Å². The smallest absolute Gasteiger partial charge is 0.282 e. The second-order valence-corrected chi connectivity index (χ2v) is 5.57. The summed E-state index contributed by atoms with van der Waals surface area (Å²) in [4.78, 5) is 0.0294. The molecule has 3 nitrogen and oxygen atoms in total. The van der Waals surface area contributed by atoms with Crippen molar-refractivity contribution >= 4 is 10.1 Å². The topological polar surface area (TPSA) is 54.4 Å². The van der Waals surface area contributed by atoms with E-state index in [0.29, 0.717) is 17.9 Å². The van der Waals surface area contributed by atoms with Gasteiger partial charge >= 0.3 is 0 Å². The first-order chi connectivity index (χ1) is 6.80. The summed E-state index contributed by atoms with van der Waals surface area (Å²) in [5, 5.41) is 0. The van der Waals surface area contributed by atoms with Crippen LogP contribution in [0.3, 0.4) is 0 Å². The Balaban J connectivity index is 3.27. The van der Waals surface area contributed by atoms with Crippen molar-refractivity contribution in [3.63, 3.8) is 0 Å². The molecule has 0 heterocycles. The van der Waals surface area contributed by atoms with Crippen LogP contribution < -0.4 is 0 Å². The van der Waals surface area contributed by atoms with Crippen molar-refractivity contribution in [1.82, 2.24) is 0 Å². The predicted molar refractivity (Wildman–Crippen MR) is 59.5 cm³/mol. The van der Waals surface area contributed by atoms with Gasteiger partial charge in [0.1, 0.15) is 0 Å². The molecular weight excluding hydrogens is 212 g/mol. The molecule has 84 valence electrons. The Morgan fingerprint density at radius 1 is 1.33 bits per heavy atom. The number of rotatable bonds is 3. The van der Waals surface area contributed by atoms with Gasteiger partial charge in [-0.2, -0.15) is 8.42 Å². The fraction of sp³-hybridized carbons (Fsp3) is 0.455.